The van der Waals surface area contributed by atoms with Crippen LogP contribution in [0.25, 0.3) is 0 Å². The van der Waals surface area contributed by atoms with Crippen LogP contribution in [0.5, 0.6) is 0 Å². The molecule has 0 unspecified atom stereocenters. The molecule has 3 aromatic rings. The number of carbonyl (C=O) groups is 1. The lowest BCUT2D eigenvalue weighted by Gasteiger charge is -2.24. The van der Waals surface area contributed by atoms with Crippen LogP contribution < -0.4 is 5.56 Å². The summed E-state index contributed by atoms with van der Waals surface area (Å²) >= 11 is 0. The van der Waals surface area contributed by atoms with Gasteiger partial charge in [0.2, 0.25) is 0 Å². The first kappa shape index (κ1) is 26.9. The maximum atomic E-state index is 13.3. The number of H-pyrrole nitrogens is 1. The number of alkyl halides is 6. The van der Waals surface area contributed by atoms with Crippen molar-refractivity contribution in [3.8, 4) is 0 Å². The van der Waals surface area contributed by atoms with Gasteiger partial charge >= 0.3 is 12.4 Å². The Morgan fingerprint density at radius 3 is 2.28 bits per heavy atom. The number of benzene rings is 2. The lowest BCUT2D eigenvalue weighted by atomic mass is 9.93. The Bertz CT molecular complexity index is 1480. The molecular weight excluding hydrogens is 528 g/mol. The second-order valence-corrected chi connectivity index (χ2v) is 9.89. The molecule has 39 heavy (non-hydrogen) atoms. The number of aliphatic hydroxyl groups is 1. The summed E-state index contributed by atoms with van der Waals surface area (Å²) in [6.07, 6.45) is -9.36. The summed E-state index contributed by atoms with van der Waals surface area (Å²) in [6.45, 7) is -0.0951. The van der Waals surface area contributed by atoms with E-state index in [0.29, 0.717) is 43.0 Å². The molecule has 0 radical (unpaired) electrons. The minimum Gasteiger partial charge on any atom is -0.378 e. The Morgan fingerprint density at radius 2 is 1.64 bits per heavy atom. The minimum atomic E-state index is -4.65. The molecule has 1 aliphatic heterocycles. The van der Waals surface area contributed by atoms with E-state index in [0.717, 1.165) is 24.3 Å². The molecule has 1 fully saturated rings. The topological polar surface area (TPSA) is 86.3 Å². The zero-order valence-corrected chi connectivity index (χ0v) is 20.4. The maximum Gasteiger partial charge on any atom is 0.416 e. The Labute approximate surface area is 218 Å². The summed E-state index contributed by atoms with van der Waals surface area (Å²) in [7, 11) is 0. The van der Waals surface area contributed by atoms with Gasteiger partial charge in [0.1, 0.15) is 5.82 Å². The van der Waals surface area contributed by atoms with E-state index in [4.69, 9.17) is 0 Å². The maximum absolute atomic E-state index is 13.3. The highest BCUT2D eigenvalue weighted by molar-refractivity contribution is 5.82. The Kier molecular flexibility index (Phi) is 6.56. The van der Waals surface area contributed by atoms with Crippen molar-refractivity contribution in [2.24, 2.45) is 0 Å². The van der Waals surface area contributed by atoms with Crippen molar-refractivity contribution >= 4 is 5.91 Å². The number of halogens is 6. The van der Waals surface area contributed by atoms with Crippen molar-refractivity contribution in [3.63, 3.8) is 0 Å². The van der Waals surface area contributed by atoms with Crippen LogP contribution in [-0.2, 0) is 35.5 Å². The van der Waals surface area contributed by atoms with Crippen molar-refractivity contribution in [2.45, 2.75) is 56.1 Å². The highest BCUT2D eigenvalue weighted by Crippen LogP contribution is 2.52. The smallest absolute Gasteiger partial charge is 0.378 e. The summed E-state index contributed by atoms with van der Waals surface area (Å²) in [4.78, 5) is 34.7. The van der Waals surface area contributed by atoms with Crippen molar-refractivity contribution < 1.29 is 36.2 Å². The quantitative estimate of drug-likeness (QED) is 0.452. The van der Waals surface area contributed by atoms with E-state index >= 15 is 0 Å². The molecule has 1 saturated carbocycles. The number of hydrogen-bond donors (Lipinski definition) is 2. The first-order chi connectivity index (χ1) is 18.3. The van der Waals surface area contributed by atoms with E-state index in [-0.39, 0.29) is 30.0 Å². The van der Waals surface area contributed by atoms with Crippen LogP contribution in [0.3, 0.4) is 0 Å². The first-order valence-corrected chi connectivity index (χ1v) is 12.2. The number of aryl methyl sites for hydroxylation is 1. The third-order valence-electron chi connectivity index (χ3n) is 7.31. The summed E-state index contributed by atoms with van der Waals surface area (Å²) < 4.78 is 79.1. The summed E-state index contributed by atoms with van der Waals surface area (Å²) in [5.41, 5.74) is -2.46. The standard InChI is InChI=1S/C27H23F6N3O3/c28-26(29,30)17-6-1-4-15(12-17)21(37)23(39)36-11-3-8-20-19(14-36)22(38)35-24(34-20)25(9-10-25)16-5-2-7-18(13-16)27(31,32)33/h1-2,4-7,12-13,21,37H,3,8-11,14H2,(H,34,35,38)/t21-/m1/s1. The van der Waals surface area contributed by atoms with Crippen molar-refractivity contribution in [2.75, 3.05) is 6.54 Å². The average Bonchev–Trinajstić information content (AvgIpc) is 3.71. The number of nitrogens with one attached hydrogen (secondary N) is 1. The third kappa shape index (κ3) is 5.17. The van der Waals surface area contributed by atoms with Gasteiger partial charge in [-0.3, -0.25) is 9.59 Å². The number of aromatic nitrogens is 2. The van der Waals surface area contributed by atoms with Crippen LogP contribution in [0.2, 0.25) is 0 Å². The lowest BCUT2D eigenvalue weighted by Crippen LogP contribution is -2.36. The molecule has 12 heteroatoms. The number of fused-ring (bicyclic) bond motifs is 1. The fourth-order valence-electron chi connectivity index (χ4n) is 5.02. The van der Waals surface area contributed by atoms with Gasteiger partial charge in [-0.2, -0.15) is 26.3 Å². The van der Waals surface area contributed by atoms with Crippen molar-refractivity contribution in [1.82, 2.24) is 14.9 Å². The molecule has 0 bridgehead atoms. The van der Waals surface area contributed by atoms with E-state index in [2.05, 4.69) is 9.97 Å². The van der Waals surface area contributed by atoms with Gasteiger partial charge in [-0.15, -0.1) is 0 Å². The summed E-state index contributed by atoms with van der Waals surface area (Å²) in [5.74, 6) is -0.595. The summed E-state index contributed by atoms with van der Waals surface area (Å²) in [6, 6.07) is 8.78. The van der Waals surface area contributed by atoms with Gasteiger partial charge in [0, 0.05) is 6.54 Å². The third-order valence-corrected chi connectivity index (χ3v) is 7.31. The van der Waals surface area contributed by atoms with Crippen LogP contribution in [0.15, 0.2) is 53.3 Å². The van der Waals surface area contributed by atoms with Crippen LogP contribution in [0, 0.1) is 0 Å². The van der Waals surface area contributed by atoms with Gasteiger partial charge in [0.05, 0.1) is 34.3 Å². The van der Waals surface area contributed by atoms with Crippen molar-refractivity contribution in [1.29, 1.82) is 0 Å². The number of hydrogen-bond acceptors (Lipinski definition) is 4. The van der Waals surface area contributed by atoms with Gasteiger partial charge in [-0.05, 0) is 55.0 Å². The molecule has 1 amide bonds. The molecule has 2 aliphatic rings. The van der Waals surface area contributed by atoms with Gasteiger partial charge in [0.15, 0.2) is 6.10 Å². The van der Waals surface area contributed by atoms with Crippen LogP contribution in [0.4, 0.5) is 26.3 Å². The molecule has 2 N–H and O–H groups in total. The number of aromatic amines is 1. The Hall–Kier alpha value is -3.67. The number of amides is 1. The zero-order chi connectivity index (χ0) is 28.2. The Morgan fingerprint density at radius 1 is 1.00 bits per heavy atom. The van der Waals surface area contributed by atoms with E-state index in [1.807, 2.05) is 0 Å². The molecule has 0 spiro atoms. The Balaban J connectivity index is 1.41. The highest BCUT2D eigenvalue weighted by atomic mass is 19.4. The number of aliphatic hydroxyl groups excluding tert-OH is 1. The molecule has 2 heterocycles. The molecule has 6 nitrogen and oxygen atoms in total. The molecule has 1 atom stereocenters. The van der Waals surface area contributed by atoms with E-state index in [1.165, 1.54) is 17.0 Å². The van der Waals surface area contributed by atoms with Crippen molar-refractivity contribution in [3.05, 3.63) is 98.2 Å². The van der Waals surface area contributed by atoms with E-state index < -0.39 is 46.5 Å². The lowest BCUT2D eigenvalue weighted by molar-refractivity contribution is -0.142. The van der Waals surface area contributed by atoms with Crippen LogP contribution in [0.1, 0.15) is 64.7 Å². The largest absolute Gasteiger partial charge is 0.416 e. The van der Waals surface area contributed by atoms with Crippen LogP contribution in [-0.4, -0.2) is 32.4 Å². The SMILES string of the molecule is O=C([C@H](O)c1cccc(C(F)(F)F)c1)N1CCCc2nc(C3(c4cccc(C(F)(F)F)c4)CC3)[nH]c(=O)c2C1. The molecular formula is C27H23F6N3O3. The van der Waals surface area contributed by atoms with E-state index in [1.54, 1.807) is 6.07 Å². The molecule has 1 aliphatic carbocycles. The molecule has 5 rings (SSSR count). The zero-order valence-electron chi connectivity index (χ0n) is 20.4. The van der Waals surface area contributed by atoms with Crippen LogP contribution >= 0.6 is 0 Å². The molecule has 206 valence electrons. The number of carbonyl (C=O) groups excluding carboxylic acids is 1. The molecule has 0 saturated heterocycles. The van der Waals surface area contributed by atoms with Gasteiger partial charge in [-0.25, -0.2) is 4.98 Å². The first-order valence-electron chi connectivity index (χ1n) is 12.2. The summed E-state index contributed by atoms with van der Waals surface area (Å²) in [5, 5.41) is 10.6. The monoisotopic (exact) mass is 551 g/mol. The average molecular weight is 551 g/mol. The normalized spacial score (nSPS) is 17.8. The van der Waals surface area contributed by atoms with E-state index in [9.17, 15) is 41.0 Å². The number of rotatable bonds is 4. The predicted octanol–water partition coefficient (Wildman–Crippen LogP) is 4.90. The van der Waals surface area contributed by atoms with Gasteiger partial charge < -0.3 is 15.0 Å². The molecule has 2 aromatic carbocycles. The fraction of sp³-hybridized carbons (Fsp3) is 0.370. The second kappa shape index (κ2) is 9.51. The predicted molar refractivity (Wildman–Crippen MR) is 126 cm³/mol. The number of nitrogens with zero attached hydrogens (tertiary/aromatic N) is 2. The fourth-order valence-corrected chi connectivity index (χ4v) is 5.02. The molecule has 1 aromatic heterocycles. The van der Waals surface area contributed by atoms with Gasteiger partial charge in [0.25, 0.3) is 11.5 Å². The highest BCUT2D eigenvalue weighted by Gasteiger charge is 2.49. The second-order valence-electron chi connectivity index (χ2n) is 9.89. The van der Waals surface area contributed by atoms with Gasteiger partial charge in [-0.1, -0.05) is 30.3 Å². The minimum absolute atomic E-state index is 0.124.